The second-order valence-electron chi connectivity index (χ2n) is 10.8. The summed E-state index contributed by atoms with van der Waals surface area (Å²) in [5.74, 6) is 0.456. The van der Waals surface area contributed by atoms with Crippen LogP contribution in [0.3, 0.4) is 0 Å². The standard InChI is InChI=1S/C19H19FN6OS2.C14H11Cl2NO2/c20-13-2-1-3-14(12-13)22-17-16-15(4-11-29(16)27)23-18(24-17)25-6-8-26(9-7-25)19-21-5-10-28-19;15-10-5-3-6-11(16)14(10)17-12-7-2-1-4-9(12)8-13(18)19/h1-3,5,10,12H,4,6-9,11H2,(H,22,23,24);1-7,17H,8H2,(H,18,19). The number of benzene rings is 3. The van der Waals surface area contributed by atoms with E-state index in [4.69, 9.17) is 33.3 Å². The highest BCUT2D eigenvalue weighted by Gasteiger charge is 2.29. The summed E-state index contributed by atoms with van der Waals surface area (Å²) in [6, 6.07) is 18.5. The van der Waals surface area contributed by atoms with Gasteiger partial charge in [-0.15, -0.1) is 11.3 Å². The van der Waals surface area contributed by atoms with Gasteiger partial charge in [-0.25, -0.2) is 14.4 Å². The van der Waals surface area contributed by atoms with Gasteiger partial charge in [0.1, 0.15) is 10.7 Å². The lowest BCUT2D eigenvalue weighted by Crippen LogP contribution is -2.47. The first-order valence-electron chi connectivity index (χ1n) is 15.0. The SMILES string of the molecule is O=C(O)Cc1ccccc1Nc1c(Cl)cccc1Cl.O=S1CCc2nc(N3CCN(c4nccs4)CC3)nc(Nc3cccc(F)c3)c21. The van der Waals surface area contributed by atoms with Gasteiger partial charge in [0.25, 0.3) is 0 Å². The van der Waals surface area contributed by atoms with Crippen LogP contribution in [0.25, 0.3) is 0 Å². The Kier molecular flexibility index (Phi) is 10.7. The van der Waals surface area contributed by atoms with Crippen LogP contribution in [0.2, 0.25) is 10.0 Å². The predicted octanol–water partition coefficient (Wildman–Crippen LogP) is 7.17. The Morgan fingerprint density at radius 2 is 1.69 bits per heavy atom. The summed E-state index contributed by atoms with van der Waals surface area (Å²) in [6.45, 7) is 3.24. The number of fused-ring (bicyclic) bond motifs is 1. The molecule has 5 aromatic rings. The van der Waals surface area contributed by atoms with Crippen LogP contribution in [-0.4, -0.2) is 62.2 Å². The average Bonchev–Trinajstić information content (AvgIpc) is 3.74. The number of anilines is 6. The van der Waals surface area contributed by atoms with Gasteiger partial charge in [0.15, 0.2) is 10.9 Å². The topological polar surface area (TPSA) is 124 Å². The second-order valence-corrected chi connectivity index (χ2v) is 14.0. The first-order chi connectivity index (χ1) is 23.2. The van der Waals surface area contributed by atoms with E-state index in [0.29, 0.717) is 61.5 Å². The highest BCUT2D eigenvalue weighted by Crippen LogP contribution is 2.34. The molecule has 4 heterocycles. The summed E-state index contributed by atoms with van der Waals surface area (Å²) in [7, 11) is -1.14. The van der Waals surface area contributed by atoms with Gasteiger partial charge in [0, 0.05) is 61.3 Å². The fraction of sp³-hybridized carbons (Fsp3) is 0.212. The van der Waals surface area contributed by atoms with E-state index in [2.05, 4.69) is 30.4 Å². The molecule has 2 aliphatic heterocycles. The van der Waals surface area contributed by atoms with Crippen molar-refractivity contribution in [3.8, 4) is 0 Å². The van der Waals surface area contributed by atoms with Crippen LogP contribution < -0.4 is 20.4 Å². The fourth-order valence-corrected chi connectivity index (χ4v) is 7.79. The molecule has 0 radical (unpaired) electrons. The molecule has 0 bridgehead atoms. The maximum absolute atomic E-state index is 13.6. The van der Waals surface area contributed by atoms with Gasteiger partial charge < -0.3 is 25.5 Å². The third-order valence-electron chi connectivity index (χ3n) is 7.60. The van der Waals surface area contributed by atoms with E-state index < -0.39 is 16.8 Å². The minimum absolute atomic E-state index is 0.0642. The van der Waals surface area contributed by atoms with Crippen LogP contribution in [0, 0.1) is 5.82 Å². The predicted molar refractivity (Wildman–Crippen MR) is 191 cm³/mol. The van der Waals surface area contributed by atoms with Gasteiger partial charge >= 0.3 is 5.97 Å². The molecule has 0 amide bonds. The average molecular weight is 727 g/mol. The summed E-state index contributed by atoms with van der Waals surface area (Å²) < 4.78 is 26.1. The van der Waals surface area contributed by atoms with Crippen molar-refractivity contribution >= 4 is 85.3 Å². The van der Waals surface area contributed by atoms with Crippen molar-refractivity contribution in [3.05, 3.63) is 105 Å². The summed E-state index contributed by atoms with van der Waals surface area (Å²) in [4.78, 5) is 29.6. The molecular formula is C33H30Cl2FN7O3S2. The minimum atomic E-state index is -1.14. The Labute approximate surface area is 293 Å². The molecule has 248 valence electrons. The largest absolute Gasteiger partial charge is 0.481 e. The molecule has 2 aliphatic rings. The molecule has 1 atom stereocenters. The Bertz CT molecular complexity index is 1920. The van der Waals surface area contributed by atoms with Crippen LogP contribution in [-0.2, 0) is 28.4 Å². The smallest absolute Gasteiger partial charge is 0.307 e. The molecule has 1 saturated heterocycles. The number of aliphatic carboxylic acids is 1. The summed E-state index contributed by atoms with van der Waals surface area (Å²) in [5.41, 5.74) is 3.32. The second kappa shape index (κ2) is 15.3. The number of aromatic nitrogens is 3. The number of carboxylic acids is 1. The highest BCUT2D eigenvalue weighted by molar-refractivity contribution is 7.85. The number of nitrogens with one attached hydrogen (secondary N) is 2. The van der Waals surface area contributed by atoms with Crippen LogP contribution in [0.15, 0.2) is 83.2 Å². The number of aryl methyl sites for hydroxylation is 1. The van der Waals surface area contributed by atoms with Crippen molar-refractivity contribution in [2.24, 2.45) is 0 Å². The maximum Gasteiger partial charge on any atom is 0.307 e. The zero-order valence-corrected chi connectivity index (χ0v) is 28.6. The molecule has 0 spiro atoms. The number of nitrogens with zero attached hydrogens (tertiary/aromatic N) is 5. The van der Waals surface area contributed by atoms with Gasteiger partial charge in [0.2, 0.25) is 5.95 Å². The van der Waals surface area contributed by atoms with Gasteiger partial charge in [0.05, 0.1) is 38.6 Å². The van der Waals surface area contributed by atoms with E-state index >= 15 is 0 Å². The van der Waals surface area contributed by atoms with Crippen molar-refractivity contribution in [2.45, 2.75) is 17.7 Å². The Hall–Kier alpha value is -4.30. The lowest BCUT2D eigenvalue weighted by atomic mass is 10.1. The molecule has 1 unspecified atom stereocenters. The van der Waals surface area contributed by atoms with E-state index in [-0.39, 0.29) is 12.2 Å². The molecular weight excluding hydrogens is 696 g/mol. The molecule has 48 heavy (non-hydrogen) atoms. The zero-order chi connectivity index (χ0) is 33.6. The van der Waals surface area contributed by atoms with Crippen molar-refractivity contribution in [3.63, 3.8) is 0 Å². The van der Waals surface area contributed by atoms with Crippen LogP contribution >= 0.6 is 34.5 Å². The third kappa shape index (κ3) is 8.04. The number of carboxylic acid groups (broad SMARTS) is 1. The van der Waals surface area contributed by atoms with Gasteiger partial charge in [-0.05, 0) is 42.0 Å². The van der Waals surface area contributed by atoms with Crippen molar-refractivity contribution in [2.75, 3.05) is 52.4 Å². The van der Waals surface area contributed by atoms with Crippen molar-refractivity contribution in [1.29, 1.82) is 0 Å². The Morgan fingerprint density at radius 1 is 0.958 bits per heavy atom. The van der Waals surface area contributed by atoms with Gasteiger partial charge in [-0.1, -0.05) is 53.5 Å². The number of hydrogen-bond donors (Lipinski definition) is 3. The molecule has 0 saturated carbocycles. The molecule has 0 aliphatic carbocycles. The molecule has 7 rings (SSSR count). The first-order valence-corrected chi connectivity index (χ1v) is 17.9. The van der Waals surface area contributed by atoms with Gasteiger partial charge in [-0.2, -0.15) is 4.98 Å². The monoisotopic (exact) mass is 725 g/mol. The van der Waals surface area contributed by atoms with Crippen LogP contribution in [0.4, 0.5) is 38.4 Å². The lowest BCUT2D eigenvalue weighted by Gasteiger charge is -2.34. The number of piperazine rings is 1. The van der Waals surface area contributed by atoms with E-state index in [0.717, 1.165) is 37.0 Å². The Morgan fingerprint density at radius 3 is 2.40 bits per heavy atom. The van der Waals surface area contributed by atoms with Crippen LogP contribution in [0.1, 0.15) is 11.3 Å². The number of rotatable bonds is 8. The molecule has 10 nitrogen and oxygen atoms in total. The van der Waals surface area contributed by atoms with Crippen LogP contribution in [0.5, 0.6) is 0 Å². The molecule has 3 aromatic carbocycles. The Balaban J connectivity index is 0.000000184. The number of para-hydroxylation sites is 2. The number of halogens is 3. The number of hydrogen-bond acceptors (Lipinski definition) is 10. The molecule has 3 N–H and O–H groups in total. The lowest BCUT2D eigenvalue weighted by molar-refractivity contribution is -0.136. The van der Waals surface area contributed by atoms with Crippen molar-refractivity contribution in [1.82, 2.24) is 15.0 Å². The summed E-state index contributed by atoms with van der Waals surface area (Å²) >= 11 is 13.8. The van der Waals surface area contributed by atoms with E-state index in [1.165, 1.54) is 12.1 Å². The zero-order valence-electron chi connectivity index (χ0n) is 25.4. The number of carbonyl (C=O) groups is 1. The molecule has 15 heteroatoms. The van der Waals surface area contributed by atoms with E-state index in [1.54, 1.807) is 59.9 Å². The molecule has 2 aromatic heterocycles. The summed E-state index contributed by atoms with van der Waals surface area (Å²) in [5, 5.41) is 19.1. The fourth-order valence-electron chi connectivity index (χ4n) is 5.29. The number of thiazole rings is 1. The quantitative estimate of drug-likeness (QED) is 0.152. The molecule has 1 fully saturated rings. The normalized spacial score (nSPS) is 15.4. The van der Waals surface area contributed by atoms with Crippen molar-refractivity contribution < 1.29 is 18.5 Å². The van der Waals surface area contributed by atoms with E-state index in [1.807, 2.05) is 17.6 Å². The maximum atomic E-state index is 13.6. The highest BCUT2D eigenvalue weighted by atomic mass is 35.5. The minimum Gasteiger partial charge on any atom is -0.481 e. The third-order valence-corrected chi connectivity index (χ3v) is 10.5. The first kappa shape index (κ1) is 33.6. The summed E-state index contributed by atoms with van der Waals surface area (Å²) in [6.07, 6.45) is 2.42. The van der Waals surface area contributed by atoms with Gasteiger partial charge in [-0.3, -0.25) is 9.00 Å². The van der Waals surface area contributed by atoms with E-state index in [9.17, 15) is 13.4 Å².